The smallest absolute Gasteiger partial charge is 0.173 e. The largest absolute Gasteiger partial charge is 0.371 e. The highest BCUT2D eigenvalue weighted by molar-refractivity contribution is 7.94. The van der Waals surface area contributed by atoms with Crippen molar-refractivity contribution in [3.05, 3.63) is 66.1 Å². The third-order valence-corrected chi connectivity index (χ3v) is 6.59. The molecule has 0 amide bonds. The van der Waals surface area contributed by atoms with E-state index in [1.165, 1.54) is 22.2 Å². The Morgan fingerprint density at radius 2 is 1.65 bits per heavy atom. The van der Waals surface area contributed by atoms with E-state index in [0.717, 1.165) is 25.9 Å². The van der Waals surface area contributed by atoms with E-state index in [-0.39, 0.29) is 11.8 Å². The molecule has 4 nitrogen and oxygen atoms in total. The molecular formula is C21H24N2O2S. The molecule has 136 valence electrons. The van der Waals surface area contributed by atoms with Crippen LogP contribution in [-0.4, -0.2) is 39.3 Å². The van der Waals surface area contributed by atoms with Crippen LogP contribution in [0.1, 0.15) is 12.8 Å². The van der Waals surface area contributed by atoms with Crippen molar-refractivity contribution in [2.75, 3.05) is 23.7 Å². The van der Waals surface area contributed by atoms with E-state index < -0.39 is 9.84 Å². The van der Waals surface area contributed by atoms with Gasteiger partial charge in [0.2, 0.25) is 0 Å². The Bertz CT molecular complexity index is 885. The molecule has 4 rings (SSSR count). The summed E-state index contributed by atoms with van der Waals surface area (Å²) in [5, 5.41) is 4.83. The van der Waals surface area contributed by atoms with Crippen LogP contribution in [-0.2, 0) is 9.84 Å². The van der Waals surface area contributed by atoms with E-state index in [1.807, 2.05) is 6.07 Å². The second-order valence-electron chi connectivity index (χ2n) is 7.11. The van der Waals surface area contributed by atoms with E-state index in [4.69, 9.17) is 0 Å². The fourth-order valence-electron chi connectivity index (χ4n) is 3.80. The van der Waals surface area contributed by atoms with E-state index in [9.17, 15) is 8.42 Å². The predicted octanol–water partition coefficient (Wildman–Crippen LogP) is 3.22. The first kappa shape index (κ1) is 17.3. The van der Waals surface area contributed by atoms with E-state index in [0.29, 0.717) is 6.04 Å². The van der Waals surface area contributed by atoms with Gasteiger partial charge in [0.15, 0.2) is 9.84 Å². The number of anilines is 1. The van der Waals surface area contributed by atoms with Crippen LogP contribution in [0.25, 0.3) is 11.1 Å². The number of sulfone groups is 1. The number of hydrogen-bond donors (Lipinski definition) is 1. The molecule has 0 spiro atoms. The van der Waals surface area contributed by atoms with Crippen LogP contribution < -0.4 is 10.2 Å². The maximum absolute atomic E-state index is 11.5. The van der Waals surface area contributed by atoms with Crippen LogP contribution in [0, 0.1) is 0 Å². The lowest BCUT2D eigenvalue weighted by atomic mass is 10.0. The summed E-state index contributed by atoms with van der Waals surface area (Å²) in [4.78, 5) is 2.42. The Kier molecular flexibility index (Phi) is 4.83. The van der Waals surface area contributed by atoms with Gasteiger partial charge in [0.25, 0.3) is 0 Å². The van der Waals surface area contributed by atoms with Crippen LogP contribution in [0.4, 0.5) is 5.69 Å². The minimum Gasteiger partial charge on any atom is -0.371 e. The molecular weight excluding hydrogens is 344 g/mol. The summed E-state index contributed by atoms with van der Waals surface area (Å²) in [5.74, 6) is 0.201. The van der Waals surface area contributed by atoms with Gasteiger partial charge in [0, 0.05) is 36.3 Å². The Morgan fingerprint density at radius 3 is 2.35 bits per heavy atom. The first-order valence-corrected chi connectivity index (χ1v) is 10.9. The summed E-state index contributed by atoms with van der Waals surface area (Å²) in [6.07, 6.45) is 3.84. The molecule has 5 heteroatoms. The van der Waals surface area contributed by atoms with Crippen molar-refractivity contribution in [3.8, 4) is 11.1 Å². The number of nitrogens with one attached hydrogen (secondary N) is 1. The molecule has 1 N–H and O–H groups in total. The molecule has 0 bridgehead atoms. The average molecular weight is 369 g/mol. The van der Waals surface area contributed by atoms with Crippen molar-refractivity contribution in [3.63, 3.8) is 0 Å². The minimum atomic E-state index is -2.98. The first-order valence-electron chi connectivity index (χ1n) is 9.16. The van der Waals surface area contributed by atoms with Gasteiger partial charge in [0.05, 0.1) is 5.75 Å². The monoisotopic (exact) mass is 368 g/mol. The average Bonchev–Trinajstić information content (AvgIpc) is 3.01. The van der Waals surface area contributed by atoms with E-state index in [2.05, 4.69) is 58.7 Å². The topological polar surface area (TPSA) is 49.4 Å². The minimum absolute atomic E-state index is 0.0297. The van der Waals surface area contributed by atoms with Crippen molar-refractivity contribution in [2.24, 2.45) is 0 Å². The summed E-state index contributed by atoms with van der Waals surface area (Å²) in [6.45, 7) is 1.97. The lowest BCUT2D eigenvalue weighted by Gasteiger charge is -2.35. The summed E-state index contributed by atoms with van der Waals surface area (Å²) in [5.41, 5.74) is 3.73. The van der Waals surface area contributed by atoms with Crippen molar-refractivity contribution < 1.29 is 8.42 Å². The molecule has 2 aliphatic rings. The molecule has 0 aromatic heterocycles. The standard InChI is InChI=1S/C21H24N2O2S/c24-26(25)14-11-20(16-26)22-19-9-12-23(13-10-19)21-8-4-7-18(15-21)17-5-2-1-3-6-17/h1-8,11,14-15,19-20,22H,9-10,12-13,16H2. The molecule has 26 heavy (non-hydrogen) atoms. The molecule has 2 heterocycles. The van der Waals surface area contributed by atoms with Crippen molar-refractivity contribution in [1.29, 1.82) is 0 Å². The summed E-state index contributed by atoms with van der Waals surface area (Å²) in [7, 11) is -2.98. The summed E-state index contributed by atoms with van der Waals surface area (Å²) >= 11 is 0. The second kappa shape index (κ2) is 7.25. The van der Waals surface area contributed by atoms with Crippen molar-refractivity contribution >= 4 is 15.5 Å². The van der Waals surface area contributed by atoms with Gasteiger partial charge in [-0.1, -0.05) is 48.5 Å². The molecule has 1 fully saturated rings. The molecule has 1 saturated heterocycles. The Labute approximate surface area is 155 Å². The van der Waals surface area contributed by atoms with Crippen LogP contribution in [0.15, 0.2) is 66.1 Å². The third-order valence-electron chi connectivity index (χ3n) is 5.19. The Balaban J connectivity index is 1.37. The predicted molar refractivity (Wildman–Crippen MR) is 107 cm³/mol. The van der Waals surface area contributed by atoms with Gasteiger partial charge in [-0.25, -0.2) is 8.42 Å². The van der Waals surface area contributed by atoms with E-state index in [1.54, 1.807) is 6.08 Å². The van der Waals surface area contributed by atoms with Gasteiger partial charge in [-0.05, 0) is 36.1 Å². The third kappa shape index (κ3) is 4.00. The Morgan fingerprint density at radius 1 is 0.923 bits per heavy atom. The normalized spacial score (nSPS) is 22.6. The summed E-state index contributed by atoms with van der Waals surface area (Å²) < 4.78 is 23.1. The molecule has 2 aromatic rings. The van der Waals surface area contributed by atoms with Gasteiger partial charge in [-0.3, -0.25) is 0 Å². The zero-order valence-electron chi connectivity index (χ0n) is 14.7. The highest BCUT2D eigenvalue weighted by atomic mass is 32.2. The van der Waals surface area contributed by atoms with Gasteiger partial charge >= 0.3 is 0 Å². The highest BCUT2D eigenvalue weighted by Gasteiger charge is 2.26. The quantitative estimate of drug-likeness (QED) is 0.900. The summed E-state index contributed by atoms with van der Waals surface area (Å²) in [6, 6.07) is 19.5. The maximum atomic E-state index is 11.5. The fraction of sp³-hybridized carbons (Fsp3) is 0.333. The number of rotatable bonds is 4. The first-order chi connectivity index (χ1) is 12.6. The molecule has 1 atom stereocenters. The van der Waals surface area contributed by atoms with Gasteiger partial charge in [-0.15, -0.1) is 0 Å². The number of hydrogen-bond acceptors (Lipinski definition) is 4. The zero-order valence-corrected chi connectivity index (χ0v) is 15.5. The van der Waals surface area contributed by atoms with Gasteiger partial charge in [0.1, 0.15) is 0 Å². The van der Waals surface area contributed by atoms with Crippen molar-refractivity contribution in [2.45, 2.75) is 24.9 Å². The number of nitrogens with zero attached hydrogens (tertiary/aromatic N) is 1. The van der Waals surface area contributed by atoms with E-state index >= 15 is 0 Å². The second-order valence-corrected chi connectivity index (χ2v) is 9.04. The molecule has 0 radical (unpaired) electrons. The zero-order chi connectivity index (χ0) is 18.0. The number of piperidine rings is 1. The molecule has 2 aromatic carbocycles. The van der Waals surface area contributed by atoms with Gasteiger partial charge < -0.3 is 10.2 Å². The molecule has 1 unspecified atom stereocenters. The fourth-order valence-corrected chi connectivity index (χ4v) is 5.05. The molecule has 0 aliphatic carbocycles. The van der Waals surface area contributed by atoms with Crippen LogP contribution in [0.5, 0.6) is 0 Å². The Hall–Kier alpha value is -2.11. The van der Waals surface area contributed by atoms with Crippen LogP contribution >= 0.6 is 0 Å². The van der Waals surface area contributed by atoms with Gasteiger partial charge in [-0.2, -0.15) is 0 Å². The SMILES string of the molecule is O=S1(=O)C=CC(NC2CCN(c3cccc(-c4ccccc4)c3)CC2)C1. The lowest BCUT2D eigenvalue weighted by molar-refractivity contribution is 0.401. The molecule has 0 saturated carbocycles. The molecule has 2 aliphatic heterocycles. The number of benzene rings is 2. The maximum Gasteiger partial charge on any atom is 0.173 e. The van der Waals surface area contributed by atoms with Crippen molar-refractivity contribution in [1.82, 2.24) is 5.32 Å². The highest BCUT2D eigenvalue weighted by Crippen LogP contribution is 2.27. The van der Waals surface area contributed by atoms with Crippen LogP contribution in [0.3, 0.4) is 0 Å². The lowest BCUT2D eigenvalue weighted by Crippen LogP contribution is -2.46. The van der Waals surface area contributed by atoms with Crippen LogP contribution in [0.2, 0.25) is 0 Å².